The van der Waals surface area contributed by atoms with Gasteiger partial charge in [0.15, 0.2) is 18.0 Å². The van der Waals surface area contributed by atoms with E-state index >= 15 is 0 Å². The monoisotopic (exact) mass is 397 g/mol. The summed E-state index contributed by atoms with van der Waals surface area (Å²) in [5, 5.41) is 3.14. The maximum absolute atomic E-state index is 12.6. The van der Waals surface area contributed by atoms with Crippen molar-refractivity contribution in [2.45, 2.75) is 19.5 Å². The molecule has 2 aliphatic rings. The first-order chi connectivity index (χ1) is 14.2. The predicted molar refractivity (Wildman–Crippen MR) is 110 cm³/mol. The largest absolute Gasteiger partial charge is 0.486 e. The van der Waals surface area contributed by atoms with Crippen molar-refractivity contribution in [1.82, 2.24) is 5.32 Å². The minimum absolute atomic E-state index is 0.0530. The number of piperazine rings is 1. The Balaban J connectivity index is 1.23. The minimum Gasteiger partial charge on any atom is -0.486 e. The minimum atomic E-state index is -0.0530. The van der Waals surface area contributed by atoms with Gasteiger partial charge in [-0.05, 0) is 24.6 Å². The molecule has 0 radical (unpaired) electrons. The molecule has 29 heavy (non-hydrogen) atoms. The highest BCUT2D eigenvalue weighted by molar-refractivity contribution is 5.77. The van der Waals surface area contributed by atoms with Crippen molar-refractivity contribution >= 4 is 5.91 Å². The highest BCUT2D eigenvalue weighted by atomic mass is 16.6. The van der Waals surface area contributed by atoms with E-state index in [1.807, 2.05) is 25.1 Å². The van der Waals surface area contributed by atoms with Crippen molar-refractivity contribution in [2.75, 3.05) is 45.9 Å². The molecule has 2 aromatic rings. The molecule has 0 aliphatic carbocycles. The first-order valence-corrected chi connectivity index (χ1v) is 10.6. The van der Waals surface area contributed by atoms with Gasteiger partial charge in [0, 0.05) is 5.56 Å². The van der Waals surface area contributed by atoms with E-state index in [0.29, 0.717) is 19.8 Å². The quantitative estimate of drug-likeness (QED) is 0.623. The smallest absolute Gasteiger partial charge is 0.275 e. The van der Waals surface area contributed by atoms with E-state index in [1.54, 1.807) is 4.90 Å². The Hall–Kier alpha value is -2.57. The molecule has 4 rings (SSSR count). The zero-order valence-corrected chi connectivity index (χ0v) is 17.1. The average Bonchev–Trinajstić information content (AvgIpc) is 2.75. The molecule has 0 unspecified atom stereocenters. The number of quaternary nitrogens is 2. The Morgan fingerprint density at radius 2 is 1.66 bits per heavy atom. The van der Waals surface area contributed by atoms with Gasteiger partial charge in [0.2, 0.25) is 0 Å². The van der Waals surface area contributed by atoms with E-state index in [9.17, 15) is 4.79 Å². The lowest BCUT2D eigenvalue weighted by Crippen LogP contribution is -3.28. The predicted octanol–water partition coefficient (Wildman–Crippen LogP) is -0.381. The van der Waals surface area contributed by atoms with Gasteiger partial charge in [-0.25, -0.2) is 0 Å². The second-order valence-corrected chi connectivity index (χ2v) is 8.03. The highest BCUT2D eigenvalue weighted by Crippen LogP contribution is 2.32. The fourth-order valence-electron chi connectivity index (χ4n) is 4.13. The van der Waals surface area contributed by atoms with Crippen molar-refractivity contribution in [1.29, 1.82) is 0 Å². The number of ether oxygens (including phenoxy) is 2. The molecule has 6 nitrogen and oxygen atoms in total. The van der Waals surface area contributed by atoms with Crippen LogP contribution in [0.4, 0.5) is 0 Å². The van der Waals surface area contributed by atoms with Crippen molar-refractivity contribution in [2.24, 2.45) is 0 Å². The maximum atomic E-state index is 12.6. The number of carbonyl (C=O) groups is 1. The second kappa shape index (κ2) is 9.29. The summed E-state index contributed by atoms with van der Waals surface area (Å²) >= 11 is 0. The zero-order valence-electron chi connectivity index (χ0n) is 17.1. The van der Waals surface area contributed by atoms with E-state index in [4.69, 9.17) is 9.47 Å². The molecule has 1 atom stereocenters. The molecular weight excluding hydrogens is 366 g/mol. The van der Waals surface area contributed by atoms with Gasteiger partial charge in [-0.1, -0.05) is 36.4 Å². The standard InChI is InChI=1S/C23H29N3O3/c1-18(20-7-8-21-22(15-20)29-14-13-28-21)24-23(27)17-26-11-9-25(10-12-26)16-19-5-3-2-4-6-19/h2-8,15,18H,9-14,16-17H2,1H3,(H,24,27)/p+2/t18-/m1/s1. The second-order valence-electron chi connectivity index (χ2n) is 8.03. The van der Waals surface area contributed by atoms with Crippen LogP contribution in [-0.4, -0.2) is 51.8 Å². The molecule has 1 fully saturated rings. The Bertz CT molecular complexity index is 819. The molecule has 2 aliphatic heterocycles. The molecule has 2 aromatic carbocycles. The van der Waals surface area contributed by atoms with Crippen LogP contribution in [0.3, 0.4) is 0 Å². The van der Waals surface area contributed by atoms with Crippen LogP contribution >= 0.6 is 0 Å². The van der Waals surface area contributed by atoms with Crippen molar-refractivity contribution < 1.29 is 24.1 Å². The summed E-state index contributed by atoms with van der Waals surface area (Å²) in [6.45, 7) is 9.06. The van der Waals surface area contributed by atoms with Gasteiger partial charge in [-0.2, -0.15) is 0 Å². The number of hydrogen-bond acceptors (Lipinski definition) is 3. The van der Waals surface area contributed by atoms with Gasteiger partial charge in [0.1, 0.15) is 45.9 Å². The lowest BCUT2D eigenvalue weighted by atomic mass is 10.1. The van der Waals surface area contributed by atoms with Gasteiger partial charge >= 0.3 is 0 Å². The Morgan fingerprint density at radius 1 is 0.966 bits per heavy atom. The molecule has 6 heteroatoms. The van der Waals surface area contributed by atoms with Crippen LogP contribution < -0.4 is 24.6 Å². The van der Waals surface area contributed by atoms with Gasteiger partial charge in [0.05, 0.1) is 6.04 Å². The number of carbonyl (C=O) groups excluding carboxylic acids is 1. The summed E-state index contributed by atoms with van der Waals surface area (Å²) < 4.78 is 11.2. The fraction of sp³-hybridized carbons (Fsp3) is 0.435. The number of hydrogen-bond donors (Lipinski definition) is 3. The van der Waals surface area contributed by atoms with E-state index in [2.05, 4.69) is 35.6 Å². The van der Waals surface area contributed by atoms with Crippen LogP contribution in [0.1, 0.15) is 24.1 Å². The number of fused-ring (bicyclic) bond motifs is 1. The number of amides is 1. The topological polar surface area (TPSA) is 56.4 Å². The average molecular weight is 398 g/mol. The first-order valence-electron chi connectivity index (χ1n) is 10.6. The van der Waals surface area contributed by atoms with Gasteiger partial charge in [-0.3, -0.25) is 4.79 Å². The number of nitrogens with one attached hydrogen (secondary N) is 3. The molecule has 0 saturated carbocycles. The van der Waals surface area contributed by atoms with Crippen LogP contribution in [-0.2, 0) is 11.3 Å². The molecule has 0 spiro atoms. The summed E-state index contributed by atoms with van der Waals surface area (Å²) in [6, 6.07) is 16.5. The molecule has 0 bridgehead atoms. The van der Waals surface area contributed by atoms with E-state index in [-0.39, 0.29) is 11.9 Å². The molecule has 3 N–H and O–H groups in total. The van der Waals surface area contributed by atoms with Crippen molar-refractivity contribution in [3.63, 3.8) is 0 Å². The number of rotatable bonds is 6. The van der Waals surface area contributed by atoms with Gasteiger partial charge in [0.25, 0.3) is 5.91 Å². The third kappa shape index (κ3) is 5.28. The summed E-state index contributed by atoms with van der Waals surface area (Å²) in [4.78, 5) is 15.5. The molecule has 0 aromatic heterocycles. The van der Waals surface area contributed by atoms with E-state index in [1.165, 1.54) is 10.5 Å². The van der Waals surface area contributed by atoms with Gasteiger partial charge < -0.3 is 24.6 Å². The van der Waals surface area contributed by atoms with E-state index < -0.39 is 0 Å². The SMILES string of the molecule is C[C@@H](NC(=O)C[NH+]1CC[NH+](Cc2ccccc2)CC1)c1ccc2c(c1)OCCO2. The lowest BCUT2D eigenvalue weighted by Gasteiger charge is -2.29. The van der Waals surface area contributed by atoms with Gasteiger partial charge in [-0.15, -0.1) is 0 Å². The van der Waals surface area contributed by atoms with Crippen LogP contribution in [0, 0.1) is 0 Å². The molecule has 1 amide bonds. The Morgan fingerprint density at radius 3 is 2.41 bits per heavy atom. The molecule has 154 valence electrons. The third-order valence-electron chi connectivity index (χ3n) is 5.82. The summed E-state index contributed by atoms with van der Waals surface area (Å²) in [7, 11) is 0. The summed E-state index contributed by atoms with van der Waals surface area (Å²) in [5.74, 6) is 1.64. The molecular formula is C23H31N3O3+2. The van der Waals surface area contributed by atoms with E-state index in [0.717, 1.165) is 49.8 Å². The van der Waals surface area contributed by atoms with Crippen molar-refractivity contribution in [3.8, 4) is 11.5 Å². The van der Waals surface area contributed by atoms with Crippen molar-refractivity contribution in [3.05, 3.63) is 59.7 Å². The fourth-order valence-corrected chi connectivity index (χ4v) is 4.13. The normalized spacial score (nSPS) is 22.0. The zero-order chi connectivity index (χ0) is 20.1. The van der Waals surface area contributed by atoms with Crippen LogP contribution in [0.2, 0.25) is 0 Å². The highest BCUT2D eigenvalue weighted by Gasteiger charge is 2.25. The molecule has 2 heterocycles. The van der Waals surface area contributed by atoms with Crippen LogP contribution in [0.15, 0.2) is 48.5 Å². The maximum Gasteiger partial charge on any atom is 0.275 e. The van der Waals surface area contributed by atoms with Crippen LogP contribution in [0.25, 0.3) is 0 Å². The molecule has 1 saturated heterocycles. The Kier molecular flexibility index (Phi) is 6.32. The Labute approximate surface area is 172 Å². The lowest BCUT2D eigenvalue weighted by molar-refractivity contribution is -1.02. The van der Waals surface area contributed by atoms with Crippen LogP contribution in [0.5, 0.6) is 11.5 Å². The number of benzene rings is 2. The summed E-state index contributed by atoms with van der Waals surface area (Å²) in [6.07, 6.45) is 0. The summed E-state index contributed by atoms with van der Waals surface area (Å²) in [5.41, 5.74) is 2.42. The first kappa shape index (κ1) is 19.7. The third-order valence-corrected chi connectivity index (χ3v) is 5.82.